The molecule has 0 bridgehead atoms. The fraction of sp³-hybridized carbons (Fsp3) is 0.350. The van der Waals surface area contributed by atoms with Gasteiger partial charge in [0.1, 0.15) is 4.88 Å². The summed E-state index contributed by atoms with van der Waals surface area (Å²) in [5, 5.41) is 4.61. The van der Waals surface area contributed by atoms with Crippen LogP contribution in [0.3, 0.4) is 0 Å². The Labute approximate surface area is 175 Å². The predicted molar refractivity (Wildman–Crippen MR) is 106 cm³/mol. The van der Waals surface area contributed by atoms with E-state index < -0.39 is 11.1 Å². The lowest BCUT2D eigenvalue weighted by Crippen LogP contribution is -2.32. The van der Waals surface area contributed by atoms with E-state index >= 15 is 0 Å². The van der Waals surface area contributed by atoms with Gasteiger partial charge in [-0.1, -0.05) is 17.7 Å². The SMILES string of the molecule is FC(F)(F)c1cnc(Cc2cccc([C@H]3CCC[C@@H](c4ncccc4Cl)N3)n2)s1. The van der Waals surface area contributed by atoms with Gasteiger partial charge in [0.2, 0.25) is 0 Å². The van der Waals surface area contributed by atoms with E-state index in [4.69, 9.17) is 11.6 Å². The second-order valence-corrected chi connectivity index (χ2v) is 8.44. The first-order chi connectivity index (χ1) is 13.9. The molecule has 1 aliphatic heterocycles. The van der Waals surface area contributed by atoms with E-state index in [-0.39, 0.29) is 18.5 Å². The zero-order valence-electron chi connectivity index (χ0n) is 15.3. The molecule has 4 nitrogen and oxygen atoms in total. The maximum atomic E-state index is 12.8. The highest BCUT2D eigenvalue weighted by Crippen LogP contribution is 2.35. The molecule has 0 amide bonds. The van der Waals surface area contributed by atoms with Gasteiger partial charge in [0.05, 0.1) is 33.7 Å². The third-order valence-electron chi connectivity index (χ3n) is 4.86. The monoisotopic (exact) mass is 438 g/mol. The van der Waals surface area contributed by atoms with Crippen LogP contribution < -0.4 is 5.32 Å². The van der Waals surface area contributed by atoms with Gasteiger partial charge >= 0.3 is 6.18 Å². The molecule has 1 N–H and O–H groups in total. The molecule has 152 valence electrons. The molecule has 0 unspecified atom stereocenters. The summed E-state index contributed by atoms with van der Waals surface area (Å²) in [5.41, 5.74) is 2.40. The number of rotatable bonds is 4. The molecule has 3 aromatic heterocycles. The van der Waals surface area contributed by atoms with Crippen molar-refractivity contribution in [2.75, 3.05) is 0 Å². The van der Waals surface area contributed by atoms with E-state index in [1.165, 1.54) is 0 Å². The highest BCUT2D eigenvalue weighted by molar-refractivity contribution is 7.11. The van der Waals surface area contributed by atoms with Crippen LogP contribution in [0.15, 0.2) is 42.7 Å². The first-order valence-electron chi connectivity index (χ1n) is 9.24. The minimum atomic E-state index is -4.36. The molecular formula is C20H18ClF3N4S. The predicted octanol–water partition coefficient (Wildman–Crippen LogP) is 5.75. The Balaban J connectivity index is 1.49. The number of nitrogens with one attached hydrogen (secondary N) is 1. The molecule has 4 rings (SSSR count). The van der Waals surface area contributed by atoms with Crippen molar-refractivity contribution in [3.63, 3.8) is 0 Å². The van der Waals surface area contributed by atoms with Crippen molar-refractivity contribution < 1.29 is 13.2 Å². The molecule has 3 aromatic rings. The lowest BCUT2D eigenvalue weighted by molar-refractivity contribution is -0.134. The van der Waals surface area contributed by atoms with Gasteiger partial charge in [0.15, 0.2) is 0 Å². The third-order valence-corrected chi connectivity index (χ3v) is 6.22. The number of pyridine rings is 2. The minimum Gasteiger partial charge on any atom is -0.300 e. The summed E-state index contributed by atoms with van der Waals surface area (Å²) in [4.78, 5) is 12.3. The van der Waals surface area contributed by atoms with Crippen molar-refractivity contribution in [3.8, 4) is 0 Å². The minimum absolute atomic E-state index is 0.0359. The molecule has 0 radical (unpaired) electrons. The first kappa shape index (κ1) is 20.3. The zero-order chi connectivity index (χ0) is 20.4. The standard InChI is InChI=1S/C20H18ClF3N4S/c21-13-5-3-9-25-19(13)16-8-2-7-15(28-16)14-6-1-4-12(27-14)10-18-26-11-17(29-18)20(22,23)24/h1,3-6,9,11,15-16,28H,2,7-8,10H2/t15-,16+/m1/s1. The van der Waals surface area contributed by atoms with Crippen LogP contribution in [0.1, 0.15) is 58.3 Å². The summed E-state index contributed by atoms with van der Waals surface area (Å²) in [5.74, 6) is 0. The van der Waals surface area contributed by atoms with Crippen molar-refractivity contribution in [1.29, 1.82) is 0 Å². The largest absolute Gasteiger partial charge is 0.427 e. The Morgan fingerprint density at radius 2 is 1.93 bits per heavy atom. The van der Waals surface area contributed by atoms with Crippen molar-refractivity contribution in [2.24, 2.45) is 0 Å². The average molecular weight is 439 g/mol. The molecule has 0 spiro atoms. The Hall–Kier alpha value is -2.03. The van der Waals surface area contributed by atoms with Gasteiger partial charge in [-0.25, -0.2) is 4.98 Å². The van der Waals surface area contributed by atoms with Gasteiger partial charge < -0.3 is 5.32 Å². The summed E-state index contributed by atoms with van der Waals surface area (Å²) in [6, 6.07) is 9.35. The van der Waals surface area contributed by atoms with Gasteiger partial charge in [0.25, 0.3) is 0 Å². The molecule has 1 aliphatic rings. The Morgan fingerprint density at radius 1 is 1.10 bits per heavy atom. The van der Waals surface area contributed by atoms with Crippen LogP contribution in [0.2, 0.25) is 5.02 Å². The van der Waals surface area contributed by atoms with Crippen molar-refractivity contribution in [3.05, 3.63) is 74.7 Å². The summed E-state index contributed by atoms with van der Waals surface area (Å²) in [7, 11) is 0. The fourth-order valence-electron chi connectivity index (χ4n) is 3.51. The van der Waals surface area contributed by atoms with E-state index in [2.05, 4.69) is 20.3 Å². The smallest absolute Gasteiger partial charge is 0.300 e. The zero-order valence-corrected chi connectivity index (χ0v) is 16.9. The molecule has 0 aromatic carbocycles. The van der Waals surface area contributed by atoms with E-state index in [9.17, 15) is 13.2 Å². The summed E-state index contributed by atoms with van der Waals surface area (Å²) in [6.07, 6.45) is 1.39. The number of alkyl halides is 3. The molecule has 1 fully saturated rings. The number of piperidine rings is 1. The second kappa shape index (κ2) is 8.38. The van der Waals surface area contributed by atoms with Gasteiger partial charge in [0, 0.05) is 24.4 Å². The normalized spacial score (nSPS) is 20.0. The maximum absolute atomic E-state index is 12.8. The van der Waals surface area contributed by atoms with E-state index in [0.29, 0.717) is 27.1 Å². The number of hydrogen-bond donors (Lipinski definition) is 1. The third kappa shape index (κ3) is 4.76. The molecule has 9 heteroatoms. The Morgan fingerprint density at radius 3 is 2.69 bits per heavy atom. The number of aromatic nitrogens is 3. The van der Waals surface area contributed by atoms with Crippen LogP contribution in [0.5, 0.6) is 0 Å². The molecule has 29 heavy (non-hydrogen) atoms. The second-order valence-electron chi connectivity index (χ2n) is 6.92. The topological polar surface area (TPSA) is 50.7 Å². The quantitative estimate of drug-likeness (QED) is 0.563. The number of thiazole rings is 1. The fourth-order valence-corrected chi connectivity index (χ4v) is 4.56. The van der Waals surface area contributed by atoms with Crippen molar-refractivity contribution >= 4 is 22.9 Å². The summed E-state index contributed by atoms with van der Waals surface area (Å²) in [6.45, 7) is 0. The number of halogens is 4. The lowest BCUT2D eigenvalue weighted by atomic mass is 9.94. The molecule has 2 atom stereocenters. The van der Waals surface area contributed by atoms with Crippen LogP contribution in [-0.4, -0.2) is 15.0 Å². The summed E-state index contributed by atoms with van der Waals surface area (Å²) >= 11 is 6.96. The highest BCUT2D eigenvalue weighted by Gasteiger charge is 2.33. The Kier molecular flexibility index (Phi) is 5.85. The van der Waals surface area contributed by atoms with Crippen LogP contribution in [0.4, 0.5) is 13.2 Å². The average Bonchev–Trinajstić information content (AvgIpc) is 3.18. The highest BCUT2D eigenvalue weighted by atomic mass is 35.5. The van der Waals surface area contributed by atoms with Gasteiger partial charge in [-0.15, -0.1) is 11.3 Å². The summed E-state index contributed by atoms with van der Waals surface area (Å²) < 4.78 is 38.4. The van der Waals surface area contributed by atoms with Gasteiger partial charge in [-0.05, 0) is 43.5 Å². The van der Waals surface area contributed by atoms with Gasteiger partial charge in [-0.3, -0.25) is 9.97 Å². The van der Waals surface area contributed by atoms with Crippen LogP contribution in [-0.2, 0) is 12.6 Å². The van der Waals surface area contributed by atoms with E-state index in [1.807, 2.05) is 24.3 Å². The molecule has 0 aliphatic carbocycles. The van der Waals surface area contributed by atoms with E-state index in [0.717, 1.165) is 36.8 Å². The maximum Gasteiger partial charge on any atom is 0.427 e. The van der Waals surface area contributed by atoms with Crippen molar-refractivity contribution in [1.82, 2.24) is 20.3 Å². The van der Waals surface area contributed by atoms with Crippen LogP contribution in [0.25, 0.3) is 0 Å². The van der Waals surface area contributed by atoms with Crippen LogP contribution >= 0.6 is 22.9 Å². The van der Waals surface area contributed by atoms with Gasteiger partial charge in [-0.2, -0.15) is 13.2 Å². The molecule has 4 heterocycles. The Bertz CT molecular complexity index is 992. The molecular weight excluding hydrogens is 421 g/mol. The van der Waals surface area contributed by atoms with Crippen LogP contribution in [0, 0.1) is 0 Å². The number of nitrogens with zero attached hydrogens (tertiary/aromatic N) is 3. The lowest BCUT2D eigenvalue weighted by Gasteiger charge is -2.31. The van der Waals surface area contributed by atoms with Crippen molar-refractivity contribution in [2.45, 2.75) is 43.9 Å². The molecule has 1 saturated heterocycles. The first-order valence-corrected chi connectivity index (χ1v) is 10.4. The molecule has 0 saturated carbocycles. The van der Waals surface area contributed by atoms with E-state index in [1.54, 1.807) is 12.3 Å². The number of hydrogen-bond acceptors (Lipinski definition) is 5.